The number of aryl methyl sites for hydroxylation is 1. The van der Waals surface area contributed by atoms with Crippen LogP contribution in [0.2, 0.25) is 0 Å². The normalized spacial score (nSPS) is 22.5. The zero-order chi connectivity index (χ0) is 25.7. The Bertz CT molecular complexity index is 1590. The van der Waals surface area contributed by atoms with Crippen LogP contribution in [0, 0.1) is 23.2 Å². The van der Waals surface area contributed by atoms with Gasteiger partial charge in [0.15, 0.2) is 5.78 Å². The van der Waals surface area contributed by atoms with E-state index in [0.717, 1.165) is 46.5 Å². The second-order valence-corrected chi connectivity index (χ2v) is 10.1. The first-order chi connectivity index (χ1) is 17.9. The highest BCUT2D eigenvalue weighted by Crippen LogP contribution is 2.54. The lowest BCUT2D eigenvalue weighted by molar-refractivity contribution is -0.121. The van der Waals surface area contributed by atoms with E-state index in [-0.39, 0.29) is 28.9 Å². The van der Waals surface area contributed by atoms with Crippen molar-refractivity contribution in [1.29, 1.82) is 5.26 Å². The molecule has 5 nitrogen and oxygen atoms in total. The number of rotatable bonds is 3. The fourth-order valence-corrected chi connectivity index (χ4v) is 6.48. The lowest BCUT2D eigenvalue weighted by atomic mass is 9.54. The van der Waals surface area contributed by atoms with Crippen LogP contribution in [-0.2, 0) is 23.7 Å². The summed E-state index contributed by atoms with van der Waals surface area (Å²) in [5, 5.41) is 24.7. The van der Waals surface area contributed by atoms with Crippen LogP contribution in [-0.4, -0.2) is 20.7 Å². The van der Waals surface area contributed by atoms with E-state index in [2.05, 4.69) is 36.4 Å². The number of benzene rings is 3. The van der Waals surface area contributed by atoms with Crippen molar-refractivity contribution in [3.05, 3.63) is 107 Å². The minimum Gasteiger partial charge on any atom is -0.508 e. The number of nitriles is 1. The van der Waals surface area contributed by atoms with Crippen molar-refractivity contribution in [2.45, 2.75) is 25.2 Å². The molecule has 1 N–H and O–H groups in total. The fourth-order valence-electron chi connectivity index (χ4n) is 6.48. The number of phenolic OH excluding ortho intramolecular Hbond substituents is 1. The molecule has 37 heavy (non-hydrogen) atoms. The smallest absolute Gasteiger partial charge is 0.176 e. The summed E-state index contributed by atoms with van der Waals surface area (Å²) in [5.41, 5.74) is 6.96. The van der Waals surface area contributed by atoms with E-state index in [1.54, 1.807) is 12.1 Å². The number of phenols is 1. The van der Waals surface area contributed by atoms with Crippen molar-refractivity contribution in [1.82, 2.24) is 9.78 Å². The quantitative estimate of drug-likeness (QED) is 0.387. The van der Waals surface area contributed by atoms with Gasteiger partial charge in [-0.1, -0.05) is 67.6 Å². The Morgan fingerprint density at radius 2 is 1.73 bits per heavy atom. The van der Waals surface area contributed by atoms with Crippen LogP contribution in [0.4, 0.5) is 0 Å². The van der Waals surface area contributed by atoms with Crippen molar-refractivity contribution in [3.8, 4) is 34.2 Å². The number of ketones is 1. The Balaban J connectivity index is 1.58. The summed E-state index contributed by atoms with van der Waals surface area (Å²) in [5.74, 6) is -0.0685. The Morgan fingerprint density at radius 3 is 2.46 bits per heavy atom. The minimum atomic E-state index is -0.641. The summed E-state index contributed by atoms with van der Waals surface area (Å²) < 4.78 is 1.95. The largest absolute Gasteiger partial charge is 0.508 e. The van der Waals surface area contributed by atoms with Crippen LogP contribution >= 0.6 is 0 Å². The average molecular weight is 486 g/mol. The third-order valence-corrected chi connectivity index (χ3v) is 8.19. The first kappa shape index (κ1) is 23.0. The van der Waals surface area contributed by atoms with Crippen LogP contribution in [0.5, 0.6) is 5.75 Å². The zero-order valence-electron chi connectivity index (χ0n) is 20.8. The van der Waals surface area contributed by atoms with E-state index < -0.39 is 5.41 Å². The molecule has 0 aliphatic heterocycles. The maximum absolute atomic E-state index is 13.1. The fraction of sp³-hybridized carbons (Fsp3) is 0.219. The number of allylic oxidation sites excluding steroid dienone is 2. The highest BCUT2D eigenvalue weighted by molar-refractivity contribution is 6.02. The van der Waals surface area contributed by atoms with E-state index in [1.807, 2.05) is 61.1 Å². The predicted octanol–water partition coefficient (Wildman–Crippen LogP) is 5.98. The van der Waals surface area contributed by atoms with E-state index in [0.29, 0.717) is 0 Å². The first-order valence-corrected chi connectivity index (χ1v) is 12.6. The molecule has 1 heterocycles. The van der Waals surface area contributed by atoms with E-state index >= 15 is 0 Å². The zero-order valence-corrected chi connectivity index (χ0v) is 20.8. The van der Waals surface area contributed by atoms with Gasteiger partial charge in [0.25, 0.3) is 0 Å². The van der Waals surface area contributed by atoms with Crippen molar-refractivity contribution >= 4 is 5.78 Å². The molecule has 0 saturated heterocycles. The molecule has 0 radical (unpaired) electrons. The second-order valence-electron chi connectivity index (χ2n) is 10.1. The summed E-state index contributed by atoms with van der Waals surface area (Å²) in [4.78, 5) is 13.1. The van der Waals surface area contributed by atoms with Gasteiger partial charge in [-0.15, -0.1) is 0 Å². The maximum Gasteiger partial charge on any atom is 0.176 e. The van der Waals surface area contributed by atoms with E-state index in [9.17, 15) is 15.2 Å². The Hall–Kier alpha value is -4.43. The lowest BCUT2D eigenvalue weighted by Crippen LogP contribution is -2.48. The molecular formula is C32H27N3O2. The predicted molar refractivity (Wildman–Crippen MR) is 143 cm³/mol. The van der Waals surface area contributed by atoms with Crippen LogP contribution in [0.1, 0.15) is 30.2 Å². The minimum absolute atomic E-state index is 0.0260. The summed E-state index contributed by atoms with van der Waals surface area (Å²) in [6.07, 6.45) is 3.55. The number of hydrogen-bond donors (Lipinski definition) is 1. The van der Waals surface area contributed by atoms with Crippen LogP contribution in [0.3, 0.4) is 0 Å². The van der Waals surface area contributed by atoms with Gasteiger partial charge >= 0.3 is 0 Å². The standard InChI is InChI=1S/C32H27N3O2/c1-20-28-16-15-27-29(23-8-6-7-22(17-23)21-11-13-26(36)14-12-21)35(2)34-31(27)32(28,18-24(19-33)30(20)37)25-9-4-3-5-10-25/h3-14,17-18,20,28,36H,15-16H2,1-2H3/t20?,28?,32-/m1/s1. The van der Waals surface area contributed by atoms with Crippen molar-refractivity contribution in [3.63, 3.8) is 0 Å². The average Bonchev–Trinajstić information content (AvgIpc) is 3.28. The molecule has 0 saturated carbocycles. The number of nitrogens with zero attached hydrogens (tertiary/aromatic N) is 3. The molecule has 0 amide bonds. The van der Waals surface area contributed by atoms with Crippen molar-refractivity contribution in [2.75, 3.05) is 0 Å². The van der Waals surface area contributed by atoms with Gasteiger partial charge in [-0.05, 0) is 59.7 Å². The molecule has 2 aliphatic carbocycles. The van der Waals surface area contributed by atoms with Crippen molar-refractivity contribution in [2.24, 2.45) is 18.9 Å². The molecule has 3 aromatic carbocycles. The number of aromatic hydroxyl groups is 1. The van der Waals surface area contributed by atoms with Gasteiger partial charge in [0, 0.05) is 24.1 Å². The lowest BCUT2D eigenvalue weighted by Gasteiger charge is -2.47. The molecule has 0 fully saturated rings. The van der Waals surface area contributed by atoms with Gasteiger partial charge < -0.3 is 5.11 Å². The number of Topliss-reactive ketones (excluding diaryl/α,β-unsaturated/α-hetero) is 1. The molecule has 0 spiro atoms. The summed E-state index contributed by atoms with van der Waals surface area (Å²) >= 11 is 0. The number of hydrogen-bond acceptors (Lipinski definition) is 4. The number of carbonyl (C=O) groups is 1. The number of aromatic nitrogens is 2. The molecule has 1 aromatic heterocycles. The van der Waals surface area contributed by atoms with E-state index in [1.165, 1.54) is 5.56 Å². The summed E-state index contributed by atoms with van der Waals surface area (Å²) in [7, 11) is 1.97. The molecule has 3 atom stereocenters. The van der Waals surface area contributed by atoms with Gasteiger partial charge in [0.05, 0.1) is 22.4 Å². The van der Waals surface area contributed by atoms with Gasteiger partial charge in [0.1, 0.15) is 11.8 Å². The third kappa shape index (κ3) is 3.44. The molecule has 6 rings (SSSR count). The van der Waals surface area contributed by atoms with Crippen molar-refractivity contribution < 1.29 is 9.90 Å². The van der Waals surface area contributed by atoms with Crippen LogP contribution in [0.15, 0.2) is 90.5 Å². The molecule has 182 valence electrons. The topological polar surface area (TPSA) is 78.9 Å². The van der Waals surface area contributed by atoms with Gasteiger partial charge in [0.2, 0.25) is 0 Å². The second kappa shape index (κ2) is 8.60. The Labute approximate surface area is 216 Å². The molecule has 5 heteroatoms. The van der Waals surface area contributed by atoms with E-state index in [4.69, 9.17) is 5.10 Å². The molecular weight excluding hydrogens is 458 g/mol. The molecule has 2 unspecified atom stereocenters. The highest BCUT2D eigenvalue weighted by Gasteiger charge is 2.54. The third-order valence-electron chi connectivity index (χ3n) is 8.19. The van der Waals surface area contributed by atoms with Gasteiger partial charge in [-0.2, -0.15) is 10.4 Å². The Kier molecular flexibility index (Phi) is 5.35. The monoisotopic (exact) mass is 485 g/mol. The van der Waals surface area contributed by atoms with Gasteiger partial charge in [-0.3, -0.25) is 9.48 Å². The maximum atomic E-state index is 13.1. The van der Waals surface area contributed by atoms with Gasteiger partial charge in [-0.25, -0.2) is 0 Å². The molecule has 4 aromatic rings. The van der Waals surface area contributed by atoms with Crippen LogP contribution in [0.25, 0.3) is 22.4 Å². The molecule has 0 bridgehead atoms. The van der Waals surface area contributed by atoms with Crippen LogP contribution < -0.4 is 0 Å². The SMILES string of the molecule is CC1C(=O)C(C#N)=C[C@]2(c3ccccc3)c3nn(C)c(-c4cccc(-c5ccc(O)cc5)c4)c3CCC12. The summed E-state index contributed by atoms with van der Waals surface area (Å²) in [6.45, 7) is 1.96. The number of fused-ring (bicyclic) bond motifs is 3. The Morgan fingerprint density at radius 1 is 1.00 bits per heavy atom. The first-order valence-electron chi connectivity index (χ1n) is 12.6. The summed E-state index contributed by atoms with van der Waals surface area (Å²) in [6, 6.07) is 28.0. The highest BCUT2D eigenvalue weighted by atomic mass is 16.3. The molecule has 2 aliphatic rings. The number of carbonyl (C=O) groups excluding carboxylic acids is 1.